The van der Waals surface area contributed by atoms with Crippen LogP contribution in [0.25, 0.3) is 11.3 Å². The molecule has 1 atom stereocenters. The van der Waals surface area contributed by atoms with Crippen LogP contribution in [0.2, 0.25) is 0 Å². The molecule has 2 amide bonds. The minimum Gasteiger partial charge on any atom is -0.326 e. The van der Waals surface area contributed by atoms with Gasteiger partial charge in [0.2, 0.25) is 21.8 Å². The van der Waals surface area contributed by atoms with Gasteiger partial charge in [0.1, 0.15) is 0 Å². The highest BCUT2D eigenvalue weighted by molar-refractivity contribution is 7.89. The highest BCUT2D eigenvalue weighted by Gasteiger charge is 2.22. The van der Waals surface area contributed by atoms with E-state index in [1.165, 1.54) is 38.1 Å². The fraction of sp³-hybridized carbons (Fsp3) is 0.190. The van der Waals surface area contributed by atoms with Crippen molar-refractivity contribution in [1.29, 1.82) is 0 Å². The second-order valence-electron chi connectivity index (χ2n) is 6.87. The van der Waals surface area contributed by atoms with E-state index in [2.05, 4.69) is 20.3 Å². The molecule has 0 aliphatic carbocycles. The van der Waals surface area contributed by atoms with Gasteiger partial charge in [0, 0.05) is 29.2 Å². The second kappa shape index (κ2) is 9.38. The zero-order valence-corrected chi connectivity index (χ0v) is 18.8. The number of carbonyl (C=O) groups is 2. The normalized spacial score (nSPS) is 12.2. The first kappa shape index (κ1) is 22.6. The van der Waals surface area contributed by atoms with Crippen molar-refractivity contribution in [2.75, 3.05) is 10.6 Å². The maximum atomic E-state index is 12.6. The Kier molecular flexibility index (Phi) is 6.84. The van der Waals surface area contributed by atoms with E-state index in [4.69, 9.17) is 0 Å². The lowest BCUT2D eigenvalue weighted by Gasteiger charge is -2.15. The van der Waals surface area contributed by atoms with Crippen LogP contribution in [0.3, 0.4) is 0 Å². The van der Waals surface area contributed by atoms with Crippen LogP contribution in [-0.2, 0) is 19.6 Å². The smallest absolute Gasteiger partial charge is 0.242 e. The topological polar surface area (TPSA) is 117 Å². The predicted octanol–water partition coefficient (Wildman–Crippen LogP) is 3.38. The Bertz CT molecular complexity index is 1190. The number of nitrogens with one attached hydrogen (secondary N) is 3. The van der Waals surface area contributed by atoms with Gasteiger partial charge in [0.15, 0.2) is 0 Å². The van der Waals surface area contributed by atoms with Crippen molar-refractivity contribution < 1.29 is 18.0 Å². The first-order valence-electron chi connectivity index (χ1n) is 9.37. The lowest BCUT2D eigenvalue weighted by molar-refractivity contribution is -0.117. The molecule has 0 aliphatic heterocycles. The molecule has 162 valence electrons. The van der Waals surface area contributed by atoms with Crippen molar-refractivity contribution >= 4 is 44.5 Å². The number of hydrogen-bond donors (Lipinski definition) is 3. The van der Waals surface area contributed by atoms with Gasteiger partial charge in [-0.1, -0.05) is 12.1 Å². The zero-order chi connectivity index (χ0) is 22.6. The predicted molar refractivity (Wildman–Crippen MR) is 121 cm³/mol. The van der Waals surface area contributed by atoms with Crippen LogP contribution in [0.1, 0.15) is 18.9 Å². The Labute approximate surface area is 184 Å². The Morgan fingerprint density at radius 2 is 1.55 bits per heavy atom. The largest absolute Gasteiger partial charge is 0.326 e. The fourth-order valence-corrected chi connectivity index (χ4v) is 4.57. The Hall–Kier alpha value is -3.08. The van der Waals surface area contributed by atoms with Gasteiger partial charge in [0.05, 0.1) is 21.6 Å². The second-order valence-corrected chi connectivity index (χ2v) is 9.64. The molecule has 0 aliphatic rings. The van der Waals surface area contributed by atoms with Gasteiger partial charge < -0.3 is 10.6 Å². The van der Waals surface area contributed by atoms with Crippen LogP contribution in [0.4, 0.5) is 11.4 Å². The number of sulfonamides is 1. The number of aryl methyl sites for hydroxylation is 1. The van der Waals surface area contributed by atoms with Gasteiger partial charge in [-0.05, 0) is 50.2 Å². The Morgan fingerprint density at radius 1 is 0.968 bits per heavy atom. The van der Waals surface area contributed by atoms with Crippen molar-refractivity contribution in [1.82, 2.24) is 9.71 Å². The molecule has 3 N–H and O–H groups in total. The molecular formula is C21H22N4O4S2. The summed E-state index contributed by atoms with van der Waals surface area (Å²) < 4.78 is 27.5. The Balaban J connectivity index is 1.62. The minimum absolute atomic E-state index is 0.0100. The van der Waals surface area contributed by atoms with Crippen molar-refractivity contribution in [2.24, 2.45) is 0 Å². The highest BCUT2D eigenvalue weighted by Crippen LogP contribution is 2.23. The van der Waals surface area contributed by atoms with Gasteiger partial charge >= 0.3 is 0 Å². The maximum Gasteiger partial charge on any atom is 0.242 e. The molecule has 8 nitrogen and oxygen atoms in total. The molecule has 0 bridgehead atoms. The molecule has 0 unspecified atom stereocenters. The van der Waals surface area contributed by atoms with Gasteiger partial charge in [-0.3, -0.25) is 9.59 Å². The number of anilines is 2. The molecule has 3 rings (SSSR count). The third-order valence-corrected chi connectivity index (χ3v) is 6.61. The molecule has 1 heterocycles. The van der Waals surface area contributed by atoms with E-state index < -0.39 is 22.0 Å². The number of amides is 2. The summed E-state index contributed by atoms with van der Waals surface area (Å²) in [6.45, 7) is 4.76. The minimum atomic E-state index is -3.91. The van der Waals surface area contributed by atoms with E-state index in [1.807, 2.05) is 24.4 Å². The lowest BCUT2D eigenvalue weighted by atomic mass is 10.1. The average molecular weight is 459 g/mol. The number of nitrogens with zero attached hydrogens (tertiary/aromatic N) is 1. The van der Waals surface area contributed by atoms with Crippen molar-refractivity contribution in [2.45, 2.75) is 31.7 Å². The molecule has 0 fully saturated rings. The molecule has 3 aromatic rings. The summed E-state index contributed by atoms with van der Waals surface area (Å²) in [4.78, 5) is 27.9. The number of thiazole rings is 1. The van der Waals surface area contributed by atoms with Crippen LogP contribution in [0.15, 0.2) is 58.8 Å². The van der Waals surface area contributed by atoms with Gasteiger partial charge in [-0.15, -0.1) is 11.3 Å². The van der Waals surface area contributed by atoms with Crippen LogP contribution in [0.5, 0.6) is 0 Å². The van der Waals surface area contributed by atoms with Crippen molar-refractivity contribution in [3.05, 3.63) is 58.9 Å². The first-order valence-corrected chi connectivity index (χ1v) is 11.7. The molecule has 0 saturated heterocycles. The van der Waals surface area contributed by atoms with Crippen LogP contribution >= 0.6 is 11.3 Å². The third kappa shape index (κ3) is 5.97. The molecule has 0 saturated carbocycles. The molecule has 2 aromatic carbocycles. The van der Waals surface area contributed by atoms with Crippen molar-refractivity contribution in [3.8, 4) is 11.3 Å². The van der Waals surface area contributed by atoms with E-state index in [0.29, 0.717) is 11.4 Å². The summed E-state index contributed by atoms with van der Waals surface area (Å²) >= 11 is 1.56. The van der Waals surface area contributed by atoms with Gasteiger partial charge in [0.25, 0.3) is 0 Å². The van der Waals surface area contributed by atoms with E-state index >= 15 is 0 Å². The van der Waals surface area contributed by atoms with Crippen LogP contribution in [0, 0.1) is 6.92 Å². The SMILES string of the molecule is CC(=O)Nc1ccc(S(=O)(=O)N[C@@H](C)C(=O)Nc2ccc(-c3csc(C)n3)cc2)cc1. The van der Waals surface area contributed by atoms with Gasteiger partial charge in [-0.25, -0.2) is 13.4 Å². The molecular weight excluding hydrogens is 436 g/mol. The fourth-order valence-electron chi connectivity index (χ4n) is 2.75. The van der Waals surface area contributed by atoms with E-state index in [0.717, 1.165) is 16.3 Å². The maximum absolute atomic E-state index is 12.6. The monoisotopic (exact) mass is 458 g/mol. The lowest BCUT2D eigenvalue weighted by Crippen LogP contribution is -2.41. The van der Waals surface area contributed by atoms with E-state index in [9.17, 15) is 18.0 Å². The first-order chi connectivity index (χ1) is 14.6. The zero-order valence-electron chi connectivity index (χ0n) is 17.2. The highest BCUT2D eigenvalue weighted by atomic mass is 32.2. The summed E-state index contributed by atoms with van der Waals surface area (Å²) in [6, 6.07) is 11.8. The quantitative estimate of drug-likeness (QED) is 0.502. The van der Waals surface area contributed by atoms with Crippen LogP contribution in [-0.4, -0.2) is 31.3 Å². The summed E-state index contributed by atoms with van der Waals surface area (Å²) in [5.41, 5.74) is 2.82. The third-order valence-electron chi connectivity index (χ3n) is 4.28. The number of hydrogen-bond acceptors (Lipinski definition) is 6. The number of benzene rings is 2. The molecule has 31 heavy (non-hydrogen) atoms. The van der Waals surface area contributed by atoms with Crippen LogP contribution < -0.4 is 15.4 Å². The summed E-state index contributed by atoms with van der Waals surface area (Å²) in [7, 11) is -3.91. The standard InChI is InChI=1S/C21H22N4O4S2/c1-13(25-31(28,29)19-10-8-17(9-11-19)22-14(2)26)21(27)24-18-6-4-16(5-7-18)20-12-30-15(3)23-20/h4-13,25H,1-3H3,(H,22,26)(H,24,27)/t13-/m0/s1. The Morgan fingerprint density at radius 3 is 2.10 bits per heavy atom. The number of rotatable bonds is 7. The van der Waals surface area contributed by atoms with E-state index in [-0.39, 0.29) is 10.8 Å². The van der Waals surface area contributed by atoms with Crippen molar-refractivity contribution in [3.63, 3.8) is 0 Å². The molecule has 0 spiro atoms. The summed E-state index contributed by atoms with van der Waals surface area (Å²) in [6.07, 6.45) is 0. The van der Waals surface area contributed by atoms with E-state index in [1.54, 1.807) is 23.5 Å². The number of aromatic nitrogens is 1. The molecule has 10 heteroatoms. The molecule has 1 aromatic heterocycles. The average Bonchev–Trinajstić information content (AvgIpc) is 3.14. The summed E-state index contributed by atoms with van der Waals surface area (Å²) in [5, 5.41) is 8.19. The molecule has 0 radical (unpaired) electrons. The van der Waals surface area contributed by atoms with Gasteiger partial charge in [-0.2, -0.15) is 4.72 Å². The summed E-state index contributed by atoms with van der Waals surface area (Å²) in [5.74, 6) is -0.746. The number of carbonyl (C=O) groups excluding carboxylic acids is 2.